The zero-order valence-electron chi connectivity index (χ0n) is 8.54. The minimum absolute atomic E-state index is 0.696. The summed E-state index contributed by atoms with van der Waals surface area (Å²) in [6, 6.07) is 1.94. The molecule has 0 amide bonds. The summed E-state index contributed by atoms with van der Waals surface area (Å²) in [6.07, 6.45) is 4.99. The van der Waals surface area contributed by atoms with Gasteiger partial charge in [0, 0.05) is 18.0 Å². The van der Waals surface area contributed by atoms with Crippen molar-refractivity contribution in [2.45, 2.75) is 39.2 Å². The highest BCUT2D eigenvalue weighted by atomic mass is 16.3. The van der Waals surface area contributed by atoms with Crippen LogP contribution in [-0.4, -0.2) is 10.1 Å². The Morgan fingerprint density at radius 2 is 2.00 bits per heavy atom. The van der Waals surface area contributed by atoms with Crippen molar-refractivity contribution in [3.63, 3.8) is 0 Å². The Morgan fingerprint density at radius 3 is 2.46 bits per heavy atom. The third kappa shape index (κ3) is 1.89. The fraction of sp³-hybridized carbons (Fsp3) is 0.545. The molecule has 0 atom stereocenters. The van der Waals surface area contributed by atoms with E-state index in [2.05, 4.69) is 4.98 Å². The van der Waals surface area contributed by atoms with E-state index in [0.717, 1.165) is 24.0 Å². The molecule has 0 aliphatic rings. The van der Waals surface area contributed by atoms with Crippen molar-refractivity contribution in [1.82, 2.24) is 4.98 Å². The van der Waals surface area contributed by atoms with Crippen LogP contribution in [0.5, 0.6) is 0 Å². The largest absolute Gasteiger partial charge is 0.385 e. The maximum absolute atomic E-state index is 10.2. The van der Waals surface area contributed by atoms with Crippen molar-refractivity contribution in [2.24, 2.45) is 0 Å². The molecule has 1 heterocycles. The summed E-state index contributed by atoms with van der Waals surface area (Å²) in [5.74, 6) is 0. The Labute approximate surface area is 79.6 Å². The number of aromatic nitrogens is 1. The van der Waals surface area contributed by atoms with Crippen molar-refractivity contribution in [3.8, 4) is 0 Å². The minimum atomic E-state index is -0.696. The van der Waals surface area contributed by atoms with Gasteiger partial charge in [-0.3, -0.25) is 4.98 Å². The monoisotopic (exact) mass is 179 g/mol. The van der Waals surface area contributed by atoms with Crippen molar-refractivity contribution in [1.29, 1.82) is 0 Å². The summed E-state index contributed by atoms with van der Waals surface area (Å²) < 4.78 is 0. The number of aryl methyl sites for hydroxylation is 1. The molecule has 0 spiro atoms. The van der Waals surface area contributed by atoms with Crippen LogP contribution >= 0.6 is 0 Å². The van der Waals surface area contributed by atoms with Crippen LogP contribution in [0, 0.1) is 6.92 Å². The van der Waals surface area contributed by atoms with Gasteiger partial charge in [0.15, 0.2) is 0 Å². The molecule has 2 nitrogen and oxygen atoms in total. The Balaban J connectivity index is 3.12. The first-order chi connectivity index (χ1) is 6.14. The first kappa shape index (κ1) is 10.2. The van der Waals surface area contributed by atoms with Gasteiger partial charge in [0.2, 0.25) is 0 Å². The van der Waals surface area contributed by atoms with E-state index in [1.807, 2.05) is 26.8 Å². The fourth-order valence-electron chi connectivity index (χ4n) is 1.58. The van der Waals surface area contributed by atoms with E-state index in [-0.39, 0.29) is 0 Å². The van der Waals surface area contributed by atoms with Crippen LogP contribution in [0.25, 0.3) is 0 Å². The highest BCUT2D eigenvalue weighted by Gasteiger charge is 2.26. The third-order valence-electron chi connectivity index (χ3n) is 2.71. The van der Waals surface area contributed by atoms with Crippen LogP contribution in [-0.2, 0) is 5.60 Å². The molecule has 0 bridgehead atoms. The average Bonchev–Trinajstić information content (AvgIpc) is 2.17. The lowest BCUT2D eigenvalue weighted by molar-refractivity contribution is 0.0274. The molecule has 0 saturated carbocycles. The zero-order chi connectivity index (χ0) is 9.90. The Hall–Kier alpha value is -0.890. The third-order valence-corrected chi connectivity index (χ3v) is 2.71. The molecule has 0 fully saturated rings. The second-order valence-corrected chi connectivity index (χ2v) is 3.43. The van der Waals surface area contributed by atoms with Gasteiger partial charge >= 0.3 is 0 Å². The average molecular weight is 179 g/mol. The lowest BCUT2D eigenvalue weighted by Crippen LogP contribution is -2.24. The number of hydrogen-bond donors (Lipinski definition) is 1. The van der Waals surface area contributed by atoms with E-state index in [1.54, 1.807) is 12.4 Å². The van der Waals surface area contributed by atoms with Crippen LogP contribution in [0.15, 0.2) is 18.5 Å². The number of aliphatic hydroxyl groups is 1. The van der Waals surface area contributed by atoms with Crippen molar-refractivity contribution in [3.05, 3.63) is 29.6 Å². The van der Waals surface area contributed by atoms with E-state index in [4.69, 9.17) is 0 Å². The summed E-state index contributed by atoms with van der Waals surface area (Å²) in [6.45, 7) is 6.00. The molecule has 1 aromatic rings. The molecule has 0 radical (unpaired) electrons. The standard InChI is InChI=1S/C11H17NO/c1-4-11(13,5-2)10-8-12-7-6-9(10)3/h6-8,13H,4-5H2,1-3H3. The summed E-state index contributed by atoms with van der Waals surface area (Å²) in [4.78, 5) is 4.05. The quantitative estimate of drug-likeness (QED) is 0.773. The summed E-state index contributed by atoms with van der Waals surface area (Å²) in [5, 5.41) is 10.2. The smallest absolute Gasteiger partial charge is 0.0908 e. The van der Waals surface area contributed by atoms with Gasteiger partial charge in [0.05, 0.1) is 5.60 Å². The van der Waals surface area contributed by atoms with Crippen LogP contribution < -0.4 is 0 Å². The molecule has 0 aliphatic carbocycles. The summed E-state index contributed by atoms with van der Waals surface area (Å²) >= 11 is 0. The van der Waals surface area contributed by atoms with Gasteiger partial charge in [-0.2, -0.15) is 0 Å². The number of pyridine rings is 1. The predicted octanol–water partition coefficient (Wildman–Crippen LogP) is 2.40. The molecule has 2 heteroatoms. The predicted molar refractivity (Wildman–Crippen MR) is 53.5 cm³/mol. The van der Waals surface area contributed by atoms with Gasteiger partial charge in [-0.15, -0.1) is 0 Å². The molecule has 0 unspecified atom stereocenters. The normalized spacial score (nSPS) is 11.7. The Kier molecular flexibility index (Phi) is 3.04. The molecular formula is C11H17NO. The lowest BCUT2D eigenvalue weighted by atomic mass is 9.87. The topological polar surface area (TPSA) is 33.1 Å². The summed E-state index contributed by atoms with van der Waals surface area (Å²) in [7, 11) is 0. The van der Waals surface area contributed by atoms with Crippen molar-refractivity contribution in [2.75, 3.05) is 0 Å². The highest BCUT2D eigenvalue weighted by Crippen LogP contribution is 2.29. The molecule has 0 saturated heterocycles. The molecule has 1 aromatic heterocycles. The Morgan fingerprint density at radius 1 is 1.38 bits per heavy atom. The van der Waals surface area contributed by atoms with Crippen LogP contribution in [0.1, 0.15) is 37.8 Å². The van der Waals surface area contributed by atoms with E-state index in [9.17, 15) is 5.11 Å². The number of rotatable bonds is 3. The number of nitrogens with zero attached hydrogens (tertiary/aromatic N) is 1. The van der Waals surface area contributed by atoms with Crippen LogP contribution in [0.3, 0.4) is 0 Å². The molecule has 1 rings (SSSR count). The van der Waals surface area contributed by atoms with Gasteiger partial charge in [-0.25, -0.2) is 0 Å². The number of hydrogen-bond acceptors (Lipinski definition) is 2. The van der Waals surface area contributed by atoms with Gasteiger partial charge < -0.3 is 5.11 Å². The zero-order valence-corrected chi connectivity index (χ0v) is 8.54. The van der Waals surface area contributed by atoms with E-state index >= 15 is 0 Å². The second-order valence-electron chi connectivity index (χ2n) is 3.43. The van der Waals surface area contributed by atoms with Gasteiger partial charge in [0.25, 0.3) is 0 Å². The first-order valence-corrected chi connectivity index (χ1v) is 4.77. The Bertz CT molecular complexity index is 279. The van der Waals surface area contributed by atoms with Crippen molar-refractivity contribution < 1.29 is 5.11 Å². The molecule has 13 heavy (non-hydrogen) atoms. The first-order valence-electron chi connectivity index (χ1n) is 4.77. The van der Waals surface area contributed by atoms with Crippen LogP contribution in [0.4, 0.5) is 0 Å². The molecule has 72 valence electrons. The fourth-order valence-corrected chi connectivity index (χ4v) is 1.58. The SMILES string of the molecule is CCC(O)(CC)c1cnccc1C. The molecule has 0 aliphatic heterocycles. The van der Waals surface area contributed by atoms with Gasteiger partial charge in [-0.1, -0.05) is 13.8 Å². The van der Waals surface area contributed by atoms with Gasteiger partial charge in [0.1, 0.15) is 0 Å². The van der Waals surface area contributed by atoms with Gasteiger partial charge in [-0.05, 0) is 31.4 Å². The maximum Gasteiger partial charge on any atom is 0.0908 e. The van der Waals surface area contributed by atoms with Crippen LogP contribution in [0.2, 0.25) is 0 Å². The minimum Gasteiger partial charge on any atom is -0.385 e. The van der Waals surface area contributed by atoms with E-state index in [0.29, 0.717) is 0 Å². The van der Waals surface area contributed by atoms with E-state index in [1.165, 1.54) is 0 Å². The maximum atomic E-state index is 10.2. The highest BCUT2D eigenvalue weighted by molar-refractivity contribution is 5.27. The van der Waals surface area contributed by atoms with E-state index < -0.39 is 5.60 Å². The molecule has 1 N–H and O–H groups in total. The second kappa shape index (κ2) is 3.88. The van der Waals surface area contributed by atoms with Crippen molar-refractivity contribution >= 4 is 0 Å². The molecular weight excluding hydrogens is 162 g/mol. The lowest BCUT2D eigenvalue weighted by Gasteiger charge is -2.26. The summed E-state index contributed by atoms with van der Waals surface area (Å²) in [5.41, 5.74) is 1.37. The molecule has 0 aromatic carbocycles.